The number of likely N-dealkylation sites (tertiary alicyclic amines) is 1. The van der Waals surface area contributed by atoms with E-state index < -0.39 is 11.7 Å². The number of carbonyl (C=O) groups is 3. The summed E-state index contributed by atoms with van der Waals surface area (Å²) in [5.41, 5.74) is 3.76. The first-order valence-corrected chi connectivity index (χ1v) is 15.8. The normalized spacial score (nSPS) is 32.8. The van der Waals surface area contributed by atoms with Crippen molar-refractivity contribution in [3.8, 4) is 0 Å². The molecule has 6 rings (SSSR count). The van der Waals surface area contributed by atoms with E-state index in [-0.39, 0.29) is 28.6 Å². The zero-order valence-electron chi connectivity index (χ0n) is 26.4. The lowest BCUT2D eigenvalue weighted by atomic mass is 9.48. The second kappa shape index (κ2) is 9.99. The van der Waals surface area contributed by atoms with Crippen LogP contribution in [0.15, 0.2) is 41.7 Å². The standard InChI is InChI=1S/C35H47N3O4/c1-21-18-24-25-12-13-27(34(25,5)16-14-26(24)35(6)17-15-29(39)37(7)30(21)35)31(40)36-19-22-20-38(32(41)42-33(2,3)4)28-11-9-8-10-23(22)28/h8-11,20,24-27H,12-19H2,1-7H3,(H,36,40). The fraction of sp³-hybridized carbons (Fsp3) is 0.629. The highest BCUT2D eigenvalue weighted by molar-refractivity contribution is 5.92. The quantitative estimate of drug-likeness (QED) is 0.427. The summed E-state index contributed by atoms with van der Waals surface area (Å²) >= 11 is 0. The van der Waals surface area contributed by atoms with Crippen LogP contribution in [0.25, 0.3) is 10.9 Å². The molecule has 2 amide bonds. The fourth-order valence-electron chi connectivity index (χ4n) is 9.70. The van der Waals surface area contributed by atoms with Gasteiger partial charge in [0.2, 0.25) is 11.8 Å². The Bertz CT molecular complexity index is 1480. The lowest BCUT2D eigenvalue weighted by Gasteiger charge is -2.59. The molecular formula is C35H47N3O4. The number of ether oxygens (including phenoxy) is 1. The molecule has 1 saturated heterocycles. The predicted octanol–water partition coefficient (Wildman–Crippen LogP) is 7.04. The van der Waals surface area contributed by atoms with Crippen LogP contribution in [0.1, 0.15) is 92.1 Å². The van der Waals surface area contributed by atoms with Crippen molar-refractivity contribution in [1.82, 2.24) is 14.8 Å². The first kappa shape index (κ1) is 29.0. The minimum atomic E-state index is -0.597. The van der Waals surface area contributed by atoms with Gasteiger partial charge in [0.15, 0.2) is 0 Å². The molecule has 3 fully saturated rings. The Labute approximate surface area is 250 Å². The van der Waals surface area contributed by atoms with Crippen LogP contribution in [0, 0.1) is 34.5 Å². The summed E-state index contributed by atoms with van der Waals surface area (Å²) in [6.07, 6.45) is 8.16. The van der Waals surface area contributed by atoms with E-state index in [1.54, 1.807) is 4.57 Å². The van der Waals surface area contributed by atoms with Crippen molar-refractivity contribution < 1.29 is 19.1 Å². The Morgan fingerprint density at radius 1 is 1.07 bits per heavy atom. The second-order valence-electron chi connectivity index (χ2n) is 15.0. The van der Waals surface area contributed by atoms with E-state index in [2.05, 4.69) is 26.1 Å². The third-order valence-corrected chi connectivity index (χ3v) is 11.5. The maximum atomic E-state index is 13.9. The van der Waals surface area contributed by atoms with Crippen molar-refractivity contribution in [3.63, 3.8) is 0 Å². The summed E-state index contributed by atoms with van der Waals surface area (Å²) in [7, 11) is 1.96. The Hall–Kier alpha value is -3.09. The van der Waals surface area contributed by atoms with Crippen LogP contribution in [0.2, 0.25) is 0 Å². The van der Waals surface area contributed by atoms with E-state index in [4.69, 9.17) is 4.74 Å². The molecule has 1 N–H and O–H groups in total. The van der Waals surface area contributed by atoms with Gasteiger partial charge in [-0.1, -0.05) is 37.6 Å². The minimum absolute atomic E-state index is 0.0169. The number of para-hydroxylation sites is 1. The van der Waals surface area contributed by atoms with Crippen LogP contribution in [-0.2, 0) is 20.9 Å². The van der Waals surface area contributed by atoms with E-state index >= 15 is 0 Å². The molecule has 1 aromatic carbocycles. The van der Waals surface area contributed by atoms with Gasteiger partial charge in [0.1, 0.15) is 5.60 Å². The third kappa shape index (κ3) is 4.49. The average Bonchev–Trinajstić information content (AvgIpc) is 3.47. The molecule has 0 bridgehead atoms. The van der Waals surface area contributed by atoms with Crippen LogP contribution in [0.5, 0.6) is 0 Å². The molecule has 1 aromatic heterocycles. The molecule has 2 aromatic rings. The van der Waals surface area contributed by atoms with Crippen LogP contribution >= 0.6 is 0 Å². The number of hydrogen-bond acceptors (Lipinski definition) is 4. The monoisotopic (exact) mass is 573 g/mol. The Morgan fingerprint density at radius 2 is 1.81 bits per heavy atom. The number of fused-ring (bicyclic) bond motifs is 6. The maximum absolute atomic E-state index is 13.9. The van der Waals surface area contributed by atoms with Gasteiger partial charge in [-0.25, -0.2) is 4.79 Å². The van der Waals surface area contributed by atoms with Crippen molar-refractivity contribution in [2.45, 2.75) is 98.6 Å². The molecular weight excluding hydrogens is 526 g/mol. The average molecular weight is 574 g/mol. The lowest BCUT2D eigenvalue weighted by molar-refractivity contribution is -0.138. The molecule has 0 radical (unpaired) electrons. The number of rotatable bonds is 3. The highest BCUT2D eigenvalue weighted by Crippen LogP contribution is 2.66. The van der Waals surface area contributed by atoms with Gasteiger partial charge in [0.25, 0.3) is 0 Å². The smallest absolute Gasteiger partial charge is 0.419 e. The van der Waals surface area contributed by atoms with Crippen molar-refractivity contribution in [3.05, 3.63) is 47.3 Å². The second-order valence-corrected chi connectivity index (χ2v) is 15.0. The molecule has 226 valence electrons. The first-order valence-electron chi connectivity index (χ1n) is 15.8. The summed E-state index contributed by atoms with van der Waals surface area (Å²) in [6, 6.07) is 7.78. The van der Waals surface area contributed by atoms with E-state index in [9.17, 15) is 14.4 Å². The largest absolute Gasteiger partial charge is 0.443 e. The summed E-state index contributed by atoms with van der Waals surface area (Å²) in [5.74, 6) is 1.99. The summed E-state index contributed by atoms with van der Waals surface area (Å²) < 4.78 is 7.20. The number of amides is 2. The molecule has 42 heavy (non-hydrogen) atoms. The molecule has 1 aliphatic heterocycles. The fourth-order valence-corrected chi connectivity index (χ4v) is 9.70. The zero-order valence-corrected chi connectivity index (χ0v) is 26.4. The first-order chi connectivity index (χ1) is 19.7. The van der Waals surface area contributed by atoms with Crippen LogP contribution in [-0.4, -0.2) is 40.0 Å². The molecule has 6 atom stereocenters. The number of allylic oxidation sites excluding steroid dienone is 2. The van der Waals surface area contributed by atoms with Gasteiger partial charge in [-0.05, 0) is 101 Å². The van der Waals surface area contributed by atoms with Crippen molar-refractivity contribution in [2.75, 3.05) is 7.05 Å². The highest BCUT2D eigenvalue weighted by atomic mass is 16.6. The number of carbonyl (C=O) groups excluding carboxylic acids is 3. The number of hydrogen-bond donors (Lipinski definition) is 1. The van der Waals surface area contributed by atoms with E-state index in [0.29, 0.717) is 30.7 Å². The molecule has 0 spiro atoms. The summed E-state index contributed by atoms with van der Waals surface area (Å²) in [6.45, 7) is 13.0. The highest BCUT2D eigenvalue weighted by Gasteiger charge is 2.61. The maximum Gasteiger partial charge on any atom is 0.419 e. The molecule has 7 nitrogen and oxygen atoms in total. The van der Waals surface area contributed by atoms with Gasteiger partial charge in [-0.15, -0.1) is 0 Å². The molecule has 7 heteroatoms. The molecule has 4 aliphatic rings. The number of aromatic nitrogens is 1. The van der Waals surface area contributed by atoms with Crippen molar-refractivity contribution >= 4 is 28.8 Å². The van der Waals surface area contributed by atoms with Crippen LogP contribution < -0.4 is 5.32 Å². The number of nitrogens with zero attached hydrogens (tertiary/aromatic N) is 2. The molecule has 2 saturated carbocycles. The van der Waals surface area contributed by atoms with Gasteiger partial charge in [-0.2, -0.15) is 0 Å². The number of benzene rings is 1. The molecule has 6 unspecified atom stereocenters. The van der Waals surface area contributed by atoms with Crippen molar-refractivity contribution in [2.24, 2.45) is 34.5 Å². The van der Waals surface area contributed by atoms with Crippen molar-refractivity contribution in [1.29, 1.82) is 0 Å². The Kier molecular flexibility index (Phi) is 6.90. The van der Waals surface area contributed by atoms with Gasteiger partial charge in [0.05, 0.1) is 5.52 Å². The third-order valence-electron chi connectivity index (χ3n) is 11.5. The summed E-state index contributed by atoms with van der Waals surface area (Å²) in [5, 5.41) is 4.23. The van der Waals surface area contributed by atoms with E-state index in [1.807, 2.05) is 63.2 Å². The van der Waals surface area contributed by atoms with Gasteiger partial charge >= 0.3 is 6.09 Å². The topological polar surface area (TPSA) is 80.6 Å². The summed E-state index contributed by atoms with van der Waals surface area (Å²) in [4.78, 5) is 41.4. The lowest BCUT2D eigenvalue weighted by Crippen LogP contribution is -2.55. The molecule has 3 aliphatic carbocycles. The number of nitrogens with one attached hydrogen (secondary N) is 1. The molecule has 2 heterocycles. The van der Waals surface area contributed by atoms with Crippen LogP contribution in [0.3, 0.4) is 0 Å². The Balaban J connectivity index is 1.20. The number of piperidine rings is 1. The van der Waals surface area contributed by atoms with E-state index in [1.165, 1.54) is 11.3 Å². The minimum Gasteiger partial charge on any atom is -0.443 e. The van der Waals surface area contributed by atoms with Gasteiger partial charge in [-0.3, -0.25) is 14.2 Å². The Morgan fingerprint density at radius 3 is 2.55 bits per heavy atom. The predicted molar refractivity (Wildman–Crippen MR) is 163 cm³/mol. The van der Waals surface area contributed by atoms with E-state index in [0.717, 1.165) is 55.0 Å². The van der Waals surface area contributed by atoms with Crippen LogP contribution in [0.4, 0.5) is 4.79 Å². The SMILES string of the molecule is CC1=C2N(C)C(=O)CCC2(C)C2CCC3(C)C(C(=O)NCc4cn(C(=O)OC(C)(C)C)c5ccccc45)CCC3C2C1. The van der Waals surface area contributed by atoms with Gasteiger partial charge in [0, 0.05) is 48.6 Å². The van der Waals surface area contributed by atoms with Gasteiger partial charge < -0.3 is 15.0 Å². The zero-order chi connectivity index (χ0) is 30.2.